The standard InChI is InChI=1S/C18H19N3O3/c1-12-8-14(3)21(20-12)10-13(2)19-18(22)7-5-15-4-6-16-17(9-15)24-11-23-16/h4,6,8-9,13H,10-11H2,1-3H3,(H,19,22)/t13-/m1/s1. The quantitative estimate of drug-likeness (QED) is 0.874. The minimum Gasteiger partial charge on any atom is -0.454 e. The molecule has 0 saturated heterocycles. The monoisotopic (exact) mass is 325 g/mol. The van der Waals surface area contributed by atoms with Crippen LogP contribution in [-0.4, -0.2) is 28.5 Å². The van der Waals surface area contributed by atoms with Gasteiger partial charge in [-0.05, 0) is 45.0 Å². The molecule has 0 saturated carbocycles. The van der Waals surface area contributed by atoms with Crippen molar-refractivity contribution < 1.29 is 14.3 Å². The molecular weight excluding hydrogens is 306 g/mol. The number of hydrogen-bond donors (Lipinski definition) is 1. The molecule has 1 aromatic heterocycles. The summed E-state index contributed by atoms with van der Waals surface area (Å²) in [6.45, 7) is 6.70. The lowest BCUT2D eigenvalue weighted by molar-refractivity contribution is -0.116. The highest BCUT2D eigenvalue weighted by molar-refractivity contribution is 5.94. The first-order chi connectivity index (χ1) is 11.5. The summed E-state index contributed by atoms with van der Waals surface area (Å²) in [6.07, 6.45) is 0. The van der Waals surface area contributed by atoms with E-state index >= 15 is 0 Å². The van der Waals surface area contributed by atoms with Crippen LogP contribution >= 0.6 is 0 Å². The van der Waals surface area contributed by atoms with Gasteiger partial charge in [-0.25, -0.2) is 0 Å². The molecule has 6 nitrogen and oxygen atoms in total. The van der Waals surface area contributed by atoms with Gasteiger partial charge in [0, 0.05) is 23.2 Å². The van der Waals surface area contributed by atoms with E-state index < -0.39 is 0 Å². The predicted octanol–water partition coefficient (Wildman–Crippen LogP) is 1.79. The zero-order valence-corrected chi connectivity index (χ0v) is 13.9. The third-order valence-electron chi connectivity index (χ3n) is 3.62. The number of nitrogens with zero attached hydrogens (tertiary/aromatic N) is 2. The number of fused-ring (bicyclic) bond motifs is 1. The van der Waals surface area contributed by atoms with Crippen molar-refractivity contribution in [1.29, 1.82) is 0 Å². The number of rotatable bonds is 3. The van der Waals surface area contributed by atoms with Crippen molar-refractivity contribution in [3.05, 3.63) is 41.2 Å². The van der Waals surface area contributed by atoms with Gasteiger partial charge in [-0.15, -0.1) is 0 Å². The van der Waals surface area contributed by atoms with E-state index in [9.17, 15) is 4.79 Å². The fraction of sp³-hybridized carbons (Fsp3) is 0.333. The maximum Gasteiger partial charge on any atom is 0.296 e. The van der Waals surface area contributed by atoms with Crippen molar-refractivity contribution >= 4 is 5.91 Å². The third kappa shape index (κ3) is 3.69. The summed E-state index contributed by atoms with van der Waals surface area (Å²) in [5.74, 6) is 6.47. The van der Waals surface area contributed by atoms with E-state index in [4.69, 9.17) is 9.47 Å². The Morgan fingerprint density at radius 1 is 1.33 bits per heavy atom. The molecule has 24 heavy (non-hydrogen) atoms. The van der Waals surface area contributed by atoms with E-state index in [1.807, 2.05) is 31.5 Å². The van der Waals surface area contributed by atoms with E-state index in [0.717, 1.165) is 11.4 Å². The van der Waals surface area contributed by atoms with Crippen molar-refractivity contribution in [2.45, 2.75) is 33.4 Å². The maximum absolute atomic E-state index is 12.0. The van der Waals surface area contributed by atoms with Crippen molar-refractivity contribution in [2.24, 2.45) is 0 Å². The van der Waals surface area contributed by atoms with Crippen LogP contribution in [0.5, 0.6) is 11.5 Å². The number of amides is 1. The molecule has 0 radical (unpaired) electrons. The number of nitrogens with one attached hydrogen (secondary N) is 1. The fourth-order valence-electron chi connectivity index (χ4n) is 2.53. The van der Waals surface area contributed by atoms with Gasteiger partial charge < -0.3 is 14.8 Å². The van der Waals surface area contributed by atoms with Gasteiger partial charge in [-0.1, -0.05) is 5.92 Å². The zero-order valence-electron chi connectivity index (χ0n) is 13.9. The molecule has 1 aliphatic rings. The van der Waals surface area contributed by atoms with Crippen molar-refractivity contribution in [2.75, 3.05) is 6.79 Å². The van der Waals surface area contributed by atoms with Gasteiger partial charge in [0.1, 0.15) is 0 Å². The number of aryl methyl sites for hydroxylation is 2. The number of hydrogen-bond acceptors (Lipinski definition) is 4. The largest absolute Gasteiger partial charge is 0.454 e. The number of ether oxygens (including phenoxy) is 2. The molecule has 1 amide bonds. The van der Waals surface area contributed by atoms with Crippen molar-refractivity contribution in [3.8, 4) is 23.3 Å². The van der Waals surface area contributed by atoms with E-state index in [1.165, 1.54) is 0 Å². The van der Waals surface area contributed by atoms with Gasteiger partial charge in [0.25, 0.3) is 5.91 Å². The first-order valence-corrected chi connectivity index (χ1v) is 7.74. The molecule has 0 spiro atoms. The molecule has 0 aliphatic carbocycles. The summed E-state index contributed by atoms with van der Waals surface area (Å²) in [7, 11) is 0. The summed E-state index contributed by atoms with van der Waals surface area (Å²) in [5, 5.41) is 7.25. The molecule has 0 fully saturated rings. The van der Waals surface area contributed by atoms with Crippen LogP contribution in [0.25, 0.3) is 0 Å². The molecule has 3 rings (SSSR count). The van der Waals surface area contributed by atoms with Gasteiger partial charge in [0.05, 0.1) is 12.2 Å². The van der Waals surface area contributed by atoms with Crippen molar-refractivity contribution in [3.63, 3.8) is 0 Å². The normalized spacial score (nSPS) is 13.1. The molecule has 124 valence electrons. The highest BCUT2D eigenvalue weighted by Crippen LogP contribution is 2.32. The van der Waals surface area contributed by atoms with Crippen molar-refractivity contribution in [1.82, 2.24) is 15.1 Å². The van der Waals surface area contributed by atoms with Crippen LogP contribution in [0.1, 0.15) is 23.9 Å². The number of benzene rings is 1. The van der Waals surface area contributed by atoms with Gasteiger partial charge in [-0.2, -0.15) is 5.10 Å². The fourth-order valence-corrected chi connectivity index (χ4v) is 2.53. The minimum absolute atomic E-state index is 0.0680. The maximum atomic E-state index is 12.0. The SMILES string of the molecule is Cc1cc(C)n(C[C@@H](C)NC(=O)C#Cc2ccc3c(c2)OCO3)n1. The molecule has 0 unspecified atom stereocenters. The second kappa shape index (κ2) is 6.67. The Labute approximate surface area is 140 Å². The Morgan fingerprint density at radius 3 is 2.88 bits per heavy atom. The van der Waals surface area contributed by atoms with Crippen LogP contribution in [0.3, 0.4) is 0 Å². The predicted molar refractivity (Wildman–Crippen MR) is 88.7 cm³/mol. The zero-order chi connectivity index (χ0) is 17.1. The van der Waals surface area contributed by atoms with Gasteiger partial charge in [0.15, 0.2) is 11.5 Å². The second-order valence-electron chi connectivity index (χ2n) is 5.80. The first kappa shape index (κ1) is 15.9. The van der Waals surface area contributed by atoms with E-state index in [-0.39, 0.29) is 18.7 Å². The molecular formula is C18H19N3O3. The van der Waals surface area contributed by atoms with E-state index in [1.54, 1.807) is 18.2 Å². The highest BCUT2D eigenvalue weighted by Gasteiger charge is 2.12. The summed E-state index contributed by atoms with van der Waals surface area (Å²) in [6, 6.07) is 7.29. The lowest BCUT2D eigenvalue weighted by Crippen LogP contribution is -2.35. The summed E-state index contributed by atoms with van der Waals surface area (Å²) < 4.78 is 12.4. The Hall–Kier alpha value is -2.94. The number of carbonyl (C=O) groups is 1. The van der Waals surface area contributed by atoms with E-state index in [2.05, 4.69) is 22.3 Å². The highest BCUT2D eigenvalue weighted by atomic mass is 16.7. The van der Waals surface area contributed by atoms with Crippen LogP contribution < -0.4 is 14.8 Å². The topological polar surface area (TPSA) is 65.4 Å². The second-order valence-corrected chi connectivity index (χ2v) is 5.80. The first-order valence-electron chi connectivity index (χ1n) is 7.74. The minimum atomic E-state index is -0.318. The van der Waals surface area contributed by atoms with Crippen LogP contribution in [0, 0.1) is 25.7 Å². The Morgan fingerprint density at radius 2 is 2.12 bits per heavy atom. The molecule has 1 aliphatic heterocycles. The van der Waals surface area contributed by atoms with Crippen LogP contribution in [0.15, 0.2) is 24.3 Å². The molecule has 1 N–H and O–H groups in total. The lowest BCUT2D eigenvalue weighted by atomic mass is 10.2. The lowest BCUT2D eigenvalue weighted by Gasteiger charge is -2.13. The number of aromatic nitrogens is 2. The number of carbonyl (C=O) groups excluding carboxylic acids is 1. The van der Waals surface area contributed by atoms with Gasteiger partial charge in [-0.3, -0.25) is 9.48 Å². The third-order valence-corrected chi connectivity index (χ3v) is 3.62. The Kier molecular flexibility index (Phi) is 4.43. The van der Waals surface area contributed by atoms with E-state index in [0.29, 0.717) is 23.6 Å². The average molecular weight is 325 g/mol. The molecule has 1 atom stereocenters. The summed E-state index contributed by atoms with van der Waals surface area (Å²) in [5.41, 5.74) is 2.74. The molecule has 6 heteroatoms. The van der Waals surface area contributed by atoms with Gasteiger partial charge in [0.2, 0.25) is 6.79 Å². The average Bonchev–Trinajstić information content (AvgIpc) is 3.11. The van der Waals surface area contributed by atoms with Crippen LogP contribution in [0.4, 0.5) is 0 Å². The van der Waals surface area contributed by atoms with Crippen LogP contribution in [0.2, 0.25) is 0 Å². The summed E-state index contributed by atoms with van der Waals surface area (Å²) in [4.78, 5) is 12.0. The van der Waals surface area contributed by atoms with Crippen LogP contribution in [-0.2, 0) is 11.3 Å². The smallest absolute Gasteiger partial charge is 0.296 e. The summed E-state index contributed by atoms with van der Waals surface area (Å²) >= 11 is 0. The molecule has 2 aromatic rings. The molecule has 2 heterocycles. The Bertz CT molecular complexity index is 830. The molecule has 0 bridgehead atoms. The van der Waals surface area contributed by atoms with Gasteiger partial charge >= 0.3 is 0 Å². The Balaban J connectivity index is 1.58. The molecule has 1 aromatic carbocycles.